The lowest BCUT2D eigenvalue weighted by Crippen LogP contribution is -2.30. The molecule has 0 saturated carbocycles. The van der Waals surface area contributed by atoms with Crippen LogP contribution in [0.1, 0.15) is 46.0 Å². The SMILES string of the molecule is CCCCC(CC)COCCCNC(=O)Nc1cc(Cl)ccc1OC. The number of ether oxygens (including phenoxy) is 2. The molecule has 1 aromatic rings. The number of methoxy groups -OCH3 is 1. The van der Waals surface area contributed by atoms with Crippen LogP contribution in [-0.4, -0.2) is 32.9 Å². The fourth-order valence-corrected chi connectivity index (χ4v) is 2.64. The van der Waals surface area contributed by atoms with Crippen molar-refractivity contribution in [2.24, 2.45) is 5.92 Å². The Balaban J connectivity index is 2.20. The van der Waals surface area contributed by atoms with Crippen LogP contribution in [-0.2, 0) is 4.74 Å². The van der Waals surface area contributed by atoms with E-state index in [-0.39, 0.29) is 6.03 Å². The van der Waals surface area contributed by atoms with E-state index in [1.165, 1.54) is 19.3 Å². The first-order valence-electron chi connectivity index (χ1n) is 9.06. The van der Waals surface area contributed by atoms with Crippen LogP contribution in [0.5, 0.6) is 5.75 Å². The molecule has 5 nitrogen and oxygen atoms in total. The highest BCUT2D eigenvalue weighted by Crippen LogP contribution is 2.27. The van der Waals surface area contributed by atoms with Crippen molar-refractivity contribution < 1.29 is 14.3 Å². The molecule has 2 amide bonds. The molecule has 6 heteroatoms. The fraction of sp³-hybridized carbons (Fsp3) is 0.632. The summed E-state index contributed by atoms with van der Waals surface area (Å²) < 4.78 is 10.9. The Bertz CT molecular complexity index is 511. The summed E-state index contributed by atoms with van der Waals surface area (Å²) in [5.41, 5.74) is 0.547. The van der Waals surface area contributed by atoms with Gasteiger partial charge in [-0.05, 0) is 37.0 Å². The normalized spacial score (nSPS) is 11.8. The summed E-state index contributed by atoms with van der Waals surface area (Å²) in [4.78, 5) is 11.9. The molecule has 0 saturated heterocycles. The molecule has 0 aliphatic rings. The van der Waals surface area contributed by atoms with Gasteiger partial charge in [-0.1, -0.05) is 44.7 Å². The van der Waals surface area contributed by atoms with Crippen LogP contribution in [0, 0.1) is 5.92 Å². The van der Waals surface area contributed by atoms with E-state index in [9.17, 15) is 4.79 Å². The molecular weight excluding hydrogens is 340 g/mol. The van der Waals surface area contributed by atoms with E-state index in [0.717, 1.165) is 19.4 Å². The molecule has 25 heavy (non-hydrogen) atoms. The summed E-state index contributed by atoms with van der Waals surface area (Å²) in [7, 11) is 1.55. The number of hydrogen-bond acceptors (Lipinski definition) is 3. The number of carbonyl (C=O) groups is 1. The van der Waals surface area contributed by atoms with Gasteiger partial charge in [-0.15, -0.1) is 0 Å². The van der Waals surface area contributed by atoms with Gasteiger partial charge >= 0.3 is 6.03 Å². The van der Waals surface area contributed by atoms with E-state index in [0.29, 0.717) is 35.5 Å². The Hall–Kier alpha value is -1.46. The molecule has 1 aromatic carbocycles. The zero-order chi connectivity index (χ0) is 18.5. The van der Waals surface area contributed by atoms with Gasteiger partial charge in [0.1, 0.15) is 5.75 Å². The van der Waals surface area contributed by atoms with Gasteiger partial charge in [0.15, 0.2) is 0 Å². The molecule has 2 N–H and O–H groups in total. The number of carbonyl (C=O) groups excluding carboxylic acids is 1. The minimum atomic E-state index is -0.282. The third-order valence-corrected chi connectivity index (χ3v) is 4.29. The molecule has 1 atom stereocenters. The van der Waals surface area contributed by atoms with Crippen LogP contribution in [0.2, 0.25) is 5.02 Å². The molecule has 0 spiro atoms. The molecule has 1 rings (SSSR count). The van der Waals surface area contributed by atoms with Crippen molar-refractivity contribution in [2.75, 3.05) is 32.2 Å². The van der Waals surface area contributed by atoms with Crippen LogP contribution < -0.4 is 15.4 Å². The van der Waals surface area contributed by atoms with Gasteiger partial charge in [-0.2, -0.15) is 0 Å². The van der Waals surface area contributed by atoms with Gasteiger partial charge in [-0.3, -0.25) is 0 Å². The van der Waals surface area contributed by atoms with Gasteiger partial charge in [0, 0.05) is 24.8 Å². The standard InChI is InChI=1S/C19H31ClN2O3/c1-4-6-8-15(5-2)14-25-12-7-11-21-19(23)22-17-13-16(20)9-10-18(17)24-3/h9-10,13,15H,4-8,11-12,14H2,1-3H3,(H2,21,22,23). The molecule has 0 fully saturated rings. The molecule has 0 heterocycles. The maximum atomic E-state index is 11.9. The largest absolute Gasteiger partial charge is 0.495 e. The first-order chi connectivity index (χ1) is 12.1. The maximum absolute atomic E-state index is 11.9. The molecule has 0 aliphatic heterocycles. The van der Waals surface area contributed by atoms with E-state index < -0.39 is 0 Å². The number of benzene rings is 1. The van der Waals surface area contributed by atoms with Crippen molar-refractivity contribution in [3.05, 3.63) is 23.2 Å². The van der Waals surface area contributed by atoms with Crippen LogP contribution in [0.3, 0.4) is 0 Å². The van der Waals surface area contributed by atoms with Crippen LogP contribution in [0.25, 0.3) is 0 Å². The van der Waals surface area contributed by atoms with Crippen molar-refractivity contribution in [3.63, 3.8) is 0 Å². The number of rotatable bonds is 12. The second-order valence-corrected chi connectivity index (χ2v) is 6.51. The third kappa shape index (κ3) is 8.98. The summed E-state index contributed by atoms with van der Waals surface area (Å²) >= 11 is 5.94. The number of amides is 2. The maximum Gasteiger partial charge on any atom is 0.319 e. The number of hydrogen-bond donors (Lipinski definition) is 2. The first kappa shape index (κ1) is 21.6. The Morgan fingerprint density at radius 2 is 2.08 bits per heavy atom. The lowest BCUT2D eigenvalue weighted by molar-refractivity contribution is 0.0925. The van der Waals surface area contributed by atoms with Crippen molar-refractivity contribution in [2.45, 2.75) is 46.0 Å². The molecule has 1 unspecified atom stereocenters. The highest BCUT2D eigenvalue weighted by molar-refractivity contribution is 6.31. The van der Waals surface area contributed by atoms with Crippen LogP contribution >= 0.6 is 11.6 Å². The van der Waals surface area contributed by atoms with Crippen molar-refractivity contribution in [3.8, 4) is 5.75 Å². The van der Waals surface area contributed by atoms with Crippen molar-refractivity contribution >= 4 is 23.3 Å². The number of unbranched alkanes of at least 4 members (excludes halogenated alkanes) is 1. The van der Waals surface area contributed by atoms with Crippen LogP contribution in [0.15, 0.2) is 18.2 Å². The Labute approximate surface area is 156 Å². The van der Waals surface area contributed by atoms with Crippen molar-refractivity contribution in [1.82, 2.24) is 5.32 Å². The molecule has 0 radical (unpaired) electrons. The summed E-state index contributed by atoms with van der Waals surface area (Å²) in [5, 5.41) is 6.09. The van der Waals surface area contributed by atoms with E-state index in [4.69, 9.17) is 21.1 Å². The molecule has 0 bridgehead atoms. The van der Waals surface area contributed by atoms with E-state index in [2.05, 4.69) is 24.5 Å². The monoisotopic (exact) mass is 370 g/mol. The Kier molecular flexibility index (Phi) is 11.1. The van der Waals surface area contributed by atoms with E-state index >= 15 is 0 Å². The molecule has 142 valence electrons. The number of halogens is 1. The van der Waals surface area contributed by atoms with E-state index in [1.807, 2.05) is 0 Å². The smallest absolute Gasteiger partial charge is 0.319 e. The molecule has 0 aliphatic carbocycles. The third-order valence-electron chi connectivity index (χ3n) is 4.06. The molecular formula is C19H31ClN2O3. The van der Waals surface area contributed by atoms with Gasteiger partial charge in [-0.25, -0.2) is 4.79 Å². The predicted octanol–water partition coefficient (Wildman–Crippen LogP) is 5.09. The zero-order valence-corrected chi connectivity index (χ0v) is 16.3. The average molecular weight is 371 g/mol. The first-order valence-corrected chi connectivity index (χ1v) is 9.44. The lowest BCUT2D eigenvalue weighted by atomic mass is 10.0. The Morgan fingerprint density at radius 1 is 1.28 bits per heavy atom. The minimum Gasteiger partial charge on any atom is -0.495 e. The number of nitrogens with one attached hydrogen (secondary N) is 2. The highest BCUT2D eigenvalue weighted by Gasteiger charge is 2.08. The van der Waals surface area contributed by atoms with E-state index in [1.54, 1.807) is 25.3 Å². The predicted molar refractivity (Wildman–Crippen MR) is 104 cm³/mol. The van der Waals surface area contributed by atoms with Gasteiger partial charge in [0.25, 0.3) is 0 Å². The number of urea groups is 1. The van der Waals surface area contributed by atoms with Gasteiger partial charge in [0.2, 0.25) is 0 Å². The lowest BCUT2D eigenvalue weighted by Gasteiger charge is -2.15. The fourth-order valence-electron chi connectivity index (χ4n) is 2.47. The topological polar surface area (TPSA) is 59.6 Å². The summed E-state index contributed by atoms with van der Waals surface area (Å²) in [6, 6.07) is 4.80. The summed E-state index contributed by atoms with van der Waals surface area (Å²) in [6.45, 7) is 6.44. The summed E-state index contributed by atoms with van der Waals surface area (Å²) in [6.07, 6.45) is 5.66. The Morgan fingerprint density at radius 3 is 2.76 bits per heavy atom. The summed E-state index contributed by atoms with van der Waals surface area (Å²) in [5.74, 6) is 1.21. The van der Waals surface area contributed by atoms with Crippen molar-refractivity contribution in [1.29, 1.82) is 0 Å². The van der Waals surface area contributed by atoms with Crippen LogP contribution in [0.4, 0.5) is 10.5 Å². The molecule has 0 aromatic heterocycles. The number of anilines is 1. The van der Waals surface area contributed by atoms with Gasteiger partial charge in [0.05, 0.1) is 12.8 Å². The highest BCUT2D eigenvalue weighted by atomic mass is 35.5. The second kappa shape index (κ2) is 12.8. The van der Waals surface area contributed by atoms with Gasteiger partial charge < -0.3 is 20.1 Å². The second-order valence-electron chi connectivity index (χ2n) is 6.07. The minimum absolute atomic E-state index is 0.282. The average Bonchev–Trinajstić information content (AvgIpc) is 2.60. The zero-order valence-electron chi connectivity index (χ0n) is 15.6. The quantitative estimate of drug-likeness (QED) is 0.503.